The van der Waals surface area contributed by atoms with Crippen LogP contribution in [0.25, 0.3) is 0 Å². The maximum absolute atomic E-state index is 5.09. The molecular weight excluding hydrogens is 124 g/mol. The van der Waals surface area contributed by atoms with Gasteiger partial charge in [0.25, 0.3) is 0 Å². The van der Waals surface area contributed by atoms with Gasteiger partial charge < -0.3 is 4.74 Å². The lowest BCUT2D eigenvalue weighted by molar-refractivity contribution is 0.169. The lowest BCUT2D eigenvalue weighted by atomic mass is 9.89. The molecule has 0 bridgehead atoms. The lowest BCUT2D eigenvalue weighted by Gasteiger charge is -2.17. The molecule has 0 radical (unpaired) electrons. The van der Waals surface area contributed by atoms with E-state index in [0.717, 1.165) is 18.4 Å². The van der Waals surface area contributed by atoms with Crippen LogP contribution in [-0.2, 0) is 4.74 Å². The summed E-state index contributed by atoms with van der Waals surface area (Å²) in [6.07, 6.45) is 1.37. The Kier molecular flexibility index (Phi) is 2.04. The van der Waals surface area contributed by atoms with Crippen LogP contribution in [0.1, 0.15) is 27.2 Å². The molecule has 0 aliphatic heterocycles. The molecule has 2 atom stereocenters. The minimum Gasteiger partial charge on any atom is -0.384 e. The summed E-state index contributed by atoms with van der Waals surface area (Å²) in [6.45, 7) is 7.90. The zero-order chi connectivity index (χ0) is 7.78. The molecule has 0 aromatic rings. The molecule has 60 valence electrons. The van der Waals surface area contributed by atoms with Gasteiger partial charge in [0, 0.05) is 13.7 Å². The van der Waals surface area contributed by atoms with E-state index in [2.05, 4.69) is 20.8 Å². The topological polar surface area (TPSA) is 9.23 Å². The van der Waals surface area contributed by atoms with Crippen molar-refractivity contribution < 1.29 is 4.74 Å². The van der Waals surface area contributed by atoms with E-state index in [1.54, 1.807) is 7.11 Å². The lowest BCUT2D eigenvalue weighted by Crippen LogP contribution is -2.10. The maximum atomic E-state index is 5.09. The average molecular weight is 142 g/mol. The van der Waals surface area contributed by atoms with Gasteiger partial charge in [0.05, 0.1) is 0 Å². The Morgan fingerprint density at radius 1 is 1.40 bits per heavy atom. The first-order valence-electron chi connectivity index (χ1n) is 4.04. The molecule has 0 amide bonds. The highest BCUT2D eigenvalue weighted by Gasteiger charge is 2.44. The summed E-state index contributed by atoms with van der Waals surface area (Å²) in [5.74, 6) is 1.76. The van der Waals surface area contributed by atoms with Crippen molar-refractivity contribution in [2.45, 2.75) is 27.2 Å². The van der Waals surface area contributed by atoms with Crippen molar-refractivity contribution in [3.8, 4) is 0 Å². The third-order valence-electron chi connectivity index (χ3n) is 2.42. The van der Waals surface area contributed by atoms with Crippen molar-refractivity contribution >= 4 is 0 Å². The zero-order valence-electron chi connectivity index (χ0n) is 7.48. The minimum atomic E-state index is 0.503. The Bertz CT molecular complexity index is 112. The van der Waals surface area contributed by atoms with E-state index in [9.17, 15) is 0 Å². The molecule has 1 aliphatic carbocycles. The first-order chi connectivity index (χ1) is 4.55. The van der Waals surface area contributed by atoms with Gasteiger partial charge in [0.1, 0.15) is 0 Å². The monoisotopic (exact) mass is 142 g/mol. The predicted octanol–water partition coefficient (Wildman–Crippen LogP) is 2.32. The fraction of sp³-hybridized carbons (Fsp3) is 1.00. The van der Waals surface area contributed by atoms with Gasteiger partial charge in [-0.25, -0.2) is 0 Å². The van der Waals surface area contributed by atoms with Crippen molar-refractivity contribution in [2.75, 3.05) is 13.7 Å². The molecule has 1 rings (SSSR count). The first kappa shape index (κ1) is 8.06. The molecule has 10 heavy (non-hydrogen) atoms. The molecule has 0 heterocycles. The second-order valence-corrected chi connectivity index (χ2v) is 4.42. The van der Waals surface area contributed by atoms with E-state index in [1.807, 2.05) is 0 Å². The third kappa shape index (κ3) is 1.72. The van der Waals surface area contributed by atoms with Crippen molar-refractivity contribution in [2.24, 2.45) is 17.3 Å². The summed E-state index contributed by atoms with van der Waals surface area (Å²) in [6, 6.07) is 0. The Balaban J connectivity index is 2.25. The fourth-order valence-corrected chi connectivity index (χ4v) is 1.71. The van der Waals surface area contributed by atoms with Crippen LogP contribution < -0.4 is 0 Å². The Morgan fingerprint density at radius 3 is 2.30 bits per heavy atom. The van der Waals surface area contributed by atoms with Crippen LogP contribution in [0, 0.1) is 17.3 Å². The van der Waals surface area contributed by atoms with E-state index >= 15 is 0 Å². The Morgan fingerprint density at radius 2 is 2.00 bits per heavy atom. The van der Waals surface area contributed by atoms with E-state index < -0.39 is 0 Å². The fourth-order valence-electron chi connectivity index (χ4n) is 1.71. The summed E-state index contributed by atoms with van der Waals surface area (Å²) in [7, 11) is 1.79. The maximum Gasteiger partial charge on any atom is 0.0493 e. The van der Waals surface area contributed by atoms with Crippen LogP contribution in [0.15, 0.2) is 0 Å². The predicted molar refractivity (Wildman–Crippen MR) is 42.9 cm³/mol. The van der Waals surface area contributed by atoms with Crippen LogP contribution in [0.4, 0.5) is 0 Å². The molecule has 1 heteroatoms. The third-order valence-corrected chi connectivity index (χ3v) is 2.42. The van der Waals surface area contributed by atoms with Gasteiger partial charge in [0.15, 0.2) is 0 Å². The van der Waals surface area contributed by atoms with Crippen LogP contribution in [0.5, 0.6) is 0 Å². The number of methoxy groups -OCH3 is 1. The smallest absolute Gasteiger partial charge is 0.0493 e. The van der Waals surface area contributed by atoms with Gasteiger partial charge in [0.2, 0.25) is 0 Å². The number of hydrogen-bond acceptors (Lipinski definition) is 1. The summed E-state index contributed by atoms with van der Waals surface area (Å²) >= 11 is 0. The Labute approximate surface area is 63.8 Å². The normalized spacial score (nSPS) is 32.4. The second-order valence-electron chi connectivity index (χ2n) is 4.42. The largest absolute Gasteiger partial charge is 0.384 e. The zero-order valence-corrected chi connectivity index (χ0v) is 7.48. The molecular formula is C9H18O. The second kappa shape index (κ2) is 2.54. The SMILES string of the molecule is COC[C@@H]1C[C@@H]1C(C)(C)C. The molecule has 1 aliphatic rings. The van der Waals surface area contributed by atoms with Gasteiger partial charge in [-0.05, 0) is 23.7 Å². The number of rotatable bonds is 2. The highest BCUT2D eigenvalue weighted by molar-refractivity contribution is 4.93. The number of ether oxygens (including phenoxy) is 1. The van der Waals surface area contributed by atoms with Crippen molar-refractivity contribution in [3.05, 3.63) is 0 Å². The molecule has 0 spiro atoms. The summed E-state index contributed by atoms with van der Waals surface area (Å²) < 4.78 is 5.09. The summed E-state index contributed by atoms with van der Waals surface area (Å²) in [5.41, 5.74) is 0.503. The highest BCUT2D eigenvalue weighted by Crippen LogP contribution is 2.50. The van der Waals surface area contributed by atoms with E-state index in [0.29, 0.717) is 5.41 Å². The standard InChI is InChI=1S/C9H18O/c1-9(2,3)8-5-7(8)6-10-4/h7-8H,5-6H2,1-4H3/t7-,8-/m0/s1. The van der Waals surface area contributed by atoms with Gasteiger partial charge in [-0.1, -0.05) is 20.8 Å². The van der Waals surface area contributed by atoms with Crippen molar-refractivity contribution in [1.29, 1.82) is 0 Å². The van der Waals surface area contributed by atoms with E-state index in [1.165, 1.54) is 6.42 Å². The molecule has 0 aromatic carbocycles. The van der Waals surface area contributed by atoms with E-state index in [4.69, 9.17) is 4.74 Å². The van der Waals surface area contributed by atoms with Crippen molar-refractivity contribution in [3.63, 3.8) is 0 Å². The van der Waals surface area contributed by atoms with Crippen LogP contribution in [0.3, 0.4) is 0 Å². The summed E-state index contributed by atoms with van der Waals surface area (Å²) in [4.78, 5) is 0. The molecule has 0 saturated heterocycles. The van der Waals surface area contributed by atoms with Crippen LogP contribution in [0.2, 0.25) is 0 Å². The van der Waals surface area contributed by atoms with Gasteiger partial charge in [-0.15, -0.1) is 0 Å². The van der Waals surface area contributed by atoms with Crippen LogP contribution >= 0.6 is 0 Å². The van der Waals surface area contributed by atoms with Crippen LogP contribution in [-0.4, -0.2) is 13.7 Å². The van der Waals surface area contributed by atoms with Gasteiger partial charge in [-0.2, -0.15) is 0 Å². The highest BCUT2D eigenvalue weighted by atomic mass is 16.5. The Hall–Kier alpha value is -0.0400. The average Bonchev–Trinajstić information content (AvgIpc) is 2.44. The number of hydrogen-bond donors (Lipinski definition) is 0. The van der Waals surface area contributed by atoms with Gasteiger partial charge in [-0.3, -0.25) is 0 Å². The molecule has 0 N–H and O–H groups in total. The first-order valence-corrected chi connectivity index (χ1v) is 4.04. The summed E-state index contributed by atoms with van der Waals surface area (Å²) in [5, 5.41) is 0. The van der Waals surface area contributed by atoms with Crippen molar-refractivity contribution in [1.82, 2.24) is 0 Å². The molecule has 0 unspecified atom stereocenters. The van der Waals surface area contributed by atoms with E-state index in [-0.39, 0.29) is 0 Å². The minimum absolute atomic E-state index is 0.503. The quantitative estimate of drug-likeness (QED) is 0.575. The van der Waals surface area contributed by atoms with Gasteiger partial charge >= 0.3 is 0 Å². The molecule has 1 saturated carbocycles. The molecule has 1 nitrogen and oxygen atoms in total. The molecule has 0 aromatic heterocycles. The molecule has 1 fully saturated rings.